The van der Waals surface area contributed by atoms with Crippen molar-refractivity contribution in [1.82, 2.24) is 10.3 Å². The van der Waals surface area contributed by atoms with E-state index in [4.69, 9.17) is 5.41 Å². The largest absolute Gasteiger partial charge is 0.435 e. The van der Waals surface area contributed by atoms with Crippen LogP contribution in [0.2, 0.25) is 0 Å². The Bertz CT molecular complexity index is 1010. The Morgan fingerprint density at radius 2 is 1.94 bits per heavy atom. The van der Waals surface area contributed by atoms with Crippen molar-refractivity contribution in [3.05, 3.63) is 53.3 Å². The Balaban J connectivity index is 0.000000340. The quantitative estimate of drug-likeness (QED) is 0.375. The summed E-state index contributed by atoms with van der Waals surface area (Å²) < 4.78 is 40.0. The second kappa shape index (κ2) is 12.7. The summed E-state index contributed by atoms with van der Waals surface area (Å²) in [5.41, 5.74) is 1.91. The maximum absolute atomic E-state index is 12.3. The lowest BCUT2D eigenvalue weighted by Gasteiger charge is -2.32. The molecule has 34 heavy (non-hydrogen) atoms. The first-order valence-corrected chi connectivity index (χ1v) is 12.5. The maximum atomic E-state index is 12.3. The van der Waals surface area contributed by atoms with E-state index in [1.807, 2.05) is 20.9 Å². The number of carbonyl (C=O) groups excluding carboxylic acids is 1. The van der Waals surface area contributed by atoms with Gasteiger partial charge in [-0.15, -0.1) is 0 Å². The Morgan fingerprint density at radius 1 is 1.26 bits per heavy atom. The van der Waals surface area contributed by atoms with Gasteiger partial charge in [0.2, 0.25) is 0 Å². The van der Waals surface area contributed by atoms with Gasteiger partial charge in [-0.3, -0.25) is 19.4 Å². The van der Waals surface area contributed by atoms with Crippen LogP contribution in [-0.4, -0.2) is 57.9 Å². The van der Waals surface area contributed by atoms with Crippen LogP contribution in [0.15, 0.2) is 36.5 Å². The second-order valence-corrected chi connectivity index (χ2v) is 10.2. The lowest BCUT2D eigenvalue weighted by atomic mass is 9.95. The number of hydrogen-bond donors (Lipinski definition) is 3. The molecule has 1 saturated heterocycles. The molecule has 0 bridgehead atoms. The van der Waals surface area contributed by atoms with Gasteiger partial charge in [-0.2, -0.15) is 8.78 Å². The van der Waals surface area contributed by atoms with Gasteiger partial charge in [0, 0.05) is 51.2 Å². The zero-order valence-electron chi connectivity index (χ0n) is 19.9. The number of aromatic nitrogens is 1. The number of rotatable bonds is 8. The van der Waals surface area contributed by atoms with Crippen LogP contribution in [0.4, 0.5) is 14.5 Å². The Labute approximate surface area is 201 Å². The SMILES string of the molecule is CC(C)Nc1cc(C=O)cnc1C(=N)c1cccc(OC(F)F)c1.CNC1(C)CCS(=O)CC1. The number of hydrogen-bond acceptors (Lipinski definition) is 7. The third-order valence-electron chi connectivity index (χ3n) is 5.44. The lowest BCUT2D eigenvalue weighted by Crippen LogP contribution is -2.45. The molecule has 0 saturated carbocycles. The van der Waals surface area contributed by atoms with Gasteiger partial charge in [0.05, 0.1) is 11.4 Å². The van der Waals surface area contributed by atoms with Gasteiger partial charge in [0.1, 0.15) is 11.4 Å². The molecule has 10 heteroatoms. The maximum Gasteiger partial charge on any atom is 0.387 e. The van der Waals surface area contributed by atoms with E-state index >= 15 is 0 Å². The third kappa shape index (κ3) is 8.25. The molecule has 1 fully saturated rings. The van der Waals surface area contributed by atoms with Crippen LogP contribution in [0.25, 0.3) is 0 Å². The van der Waals surface area contributed by atoms with E-state index in [-0.39, 0.29) is 23.0 Å². The molecule has 3 rings (SSSR count). The molecule has 0 aliphatic carbocycles. The number of benzene rings is 1. The zero-order chi connectivity index (χ0) is 25.3. The van der Waals surface area contributed by atoms with E-state index in [1.165, 1.54) is 24.4 Å². The van der Waals surface area contributed by atoms with Crippen LogP contribution in [0.1, 0.15) is 55.2 Å². The fourth-order valence-corrected chi connectivity index (χ4v) is 4.85. The molecule has 0 unspecified atom stereocenters. The number of anilines is 1. The van der Waals surface area contributed by atoms with Crippen molar-refractivity contribution in [3.8, 4) is 5.75 Å². The second-order valence-electron chi connectivity index (χ2n) is 8.52. The van der Waals surface area contributed by atoms with E-state index in [2.05, 4.69) is 27.3 Å². The van der Waals surface area contributed by atoms with Crippen molar-refractivity contribution in [2.75, 3.05) is 23.9 Å². The molecule has 0 radical (unpaired) electrons. The predicted molar refractivity (Wildman–Crippen MR) is 132 cm³/mol. The van der Waals surface area contributed by atoms with Gasteiger partial charge in [-0.05, 0) is 58.9 Å². The van der Waals surface area contributed by atoms with Crippen LogP contribution < -0.4 is 15.4 Å². The lowest BCUT2D eigenvalue weighted by molar-refractivity contribution is -0.0498. The highest BCUT2D eigenvalue weighted by Crippen LogP contribution is 2.23. The van der Waals surface area contributed by atoms with Gasteiger partial charge in [0.15, 0.2) is 6.29 Å². The monoisotopic (exact) mass is 494 g/mol. The van der Waals surface area contributed by atoms with E-state index < -0.39 is 17.4 Å². The predicted octanol–water partition coefficient (Wildman–Crippen LogP) is 4.24. The summed E-state index contributed by atoms with van der Waals surface area (Å²) >= 11 is 0. The minimum absolute atomic E-state index is 0.0323. The highest BCUT2D eigenvalue weighted by atomic mass is 32.2. The molecule has 0 spiro atoms. The van der Waals surface area contributed by atoms with Gasteiger partial charge in [-0.25, -0.2) is 0 Å². The molecule has 1 aliphatic rings. The number of aldehydes is 1. The summed E-state index contributed by atoms with van der Waals surface area (Å²) in [5, 5.41) is 14.7. The Kier molecular flexibility index (Phi) is 10.2. The van der Waals surface area contributed by atoms with Crippen LogP contribution in [-0.2, 0) is 10.8 Å². The van der Waals surface area contributed by atoms with E-state index in [9.17, 15) is 17.8 Å². The zero-order valence-corrected chi connectivity index (χ0v) is 20.7. The molecule has 1 aromatic heterocycles. The van der Waals surface area contributed by atoms with Gasteiger partial charge >= 0.3 is 6.61 Å². The summed E-state index contributed by atoms with van der Waals surface area (Å²) in [6, 6.07) is 7.53. The van der Waals surface area contributed by atoms with Crippen molar-refractivity contribution in [2.24, 2.45) is 0 Å². The molecule has 7 nitrogen and oxygen atoms in total. The summed E-state index contributed by atoms with van der Waals surface area (Å²) in [5.74, 6) is 1.71. The molecule has 1 aromatic carbocycles. The topological polar surface area (TPSA) is 104 Å². The smallest absolute Gasteiger partial charge is 0.387 e. The number of carbonyl (C=O) groups is 1. The van der Waals surface area contributed by atoms with Crippen LogP contribution in [0.5, 0.6) is 5.75 Å². The van der Waals surface area contributed by atoms with Crippen molar-refractivity contribution < 1.29 is 22.5 Å². The molecule has 3 N–H and O–H groups in total. The van der Waals surface area contributed by atoms with Crippen LogP contribution in [0.3, 0.4) is 0 Å². The molecule has 2 heterocycles. The van der Waals surface area contributed by atoms with Gasteiger partial charge < -0.3 is 15.4 Å². The third-order valence-corrected chi connectivity index (χ3v) is 6.76. The van der Waals surface area contributed by atoms with Crippen molar-refractivity contribution >= 4 is 28.5 Å². The molecular formula is C24H32F2N4O3S. The summed E-state index contributed by atoms with van der Waals surface area (Å²) in [6.45, 7) is 3.09. The molecule has 0 atom stereocenters. The summed E-state index contributed by atoms with van der Waals surface area (Å²) in [7, 11) is 1.45. The highest BCUT2D eigenvalue weighted by Gasteiger charge is 2.27. The molecular weight excluding hydrogens is 462 g/mol. The molecule has 1 aliphatic heterocycles. The van der Waals surface area contributed by atoms with E-state index in [0.29, 0.717) is 28.8 Å². The van der Waals surface area contributed by atoms with Crippen molar-refractivity contribution in [2.45, 2.75) is 51.8 Å². The number of nitrogens with one attached hydrogen (secondary N) is 3. The fraction of sp³-hybridized carbons (Fsp3) is 0.458. The van der Waals surface area contributed by atoms with Crippen LogP contribution in [0, 0.1) is 5.41 Å². The van der Waals surface area contributed by atoms with Crippen molar-refractivity contribution in [1.29, 1.82) is 5.41 Å². The number of alkyl halides is 2. The standard InChI is InChI=1S/C17H17F2N3O2.C7H15NOS/c1-10(2)22-14-6-11(9-23)8-21-16(14)15(20)12-4-3-5-13(7-12)24-17(18)19;1-7(8-2)3-5-10(9)6-4-7/h3-10,17,20,22H,1-2H3;8H,3-6H2,1-2H3. The number of pyridine rings is 1. The highest BCUT2D eigenvalue weighted by molar-refractivity contribution is 7.85. The average molecular weight is 495 g/mol. The first kappa shape index (κ1) is 27.5. The van der Waals surface area contributed by atoms with Crippen molar-refractivity contribution in [3.63, 3.8) is 0 Å². The normalized spacial score (nSPS) is 19.8. The molecule has 0 amide bonds. The first-order chi connectivity index (χ1) is 16.1. The Morgan fingerprint density at radius 3 is 2.50 bits per heavy atom. The number of ether oxygens (including phenoxy) is 1. The van der Waals surface area contributed by atoms with E-state index in [0.717, 1.165) is 24.3 Å². The van der Waals surface area contributed by atoms with E-state index in [1.54, 1.807) is 12.1 Å². The fourth-order valence-electron chi connectivity index (χ4n) is 3.29. The molecule has 186 valence electrons. The van der Waals surface area contributed by atoms with Gasteiger partial charge in [-0.1, -0.05) is 12.1 Å². The summed E-state index contributed by atoms with van der Waals surface area (Å²) in [4.78, 5) is 15.1. The number of nitrogens with zero attached hydrogens (tertiary/aromatic N) is 1. The summed E-state index contributed by atoms with van der Waals surface area (Å²) in [6.07, 6.45) is 4.14. The minimum atomic E-state index is -2.93. The van der Waals surface area contributed by atoms with Gasteiger partial charge in [0.25, 0.3) is 0 Å². The average Bonchev–Trinajstić information content (AvgIpc) is 2.80. The number of halogens is 2. The minimum Gasteiger partial charge on any atom is -0.435 e. The molecule has 2 aromatic rings. The Hall–Kier alpha value is -2.72. The first-order valence-electron chi connectivity index (χ1n) is 11.0. The van der Waals surface area contributed by atoms with Crippen LogP contribution >= 0.6 is 0 Å².